The fraction of sp³-hybridized carbons (Fsp3) is 0.333. The lowest BCUT2D eigenvalue weighted by atomic mass is 10.0. The molecule has 1 heterocycles. The second-order valence-electron chi connectivity index (χ2n) is 7.59. The first-order chi connectivity index (χ1) is 16.5. The second-order valence-corrected chi connectivity index (χ2v) is 7.59. The molecule has 0 spiro atoms. The van der Waals surface area contributed by atoms with Crippen LogP contribution >= 0.6 is 0 Å². The van der Waals surface area contributed by atoms with Crippen molar-refractivity contribution in [3.8, 4) is 5.75 Å². The summed E-state index contributed by atoms with van der Waals surface area (Å²) in [6.45, 7) is -0.589. The molecule has 14 nitrogen and oxygen atoms in total. The standard InChI is InChI=1S/C21H26N6O8/c22-14(6-12-8-23-10-25-12)19(32)24-9-17(29)26-15(7-18(30)31)20(33)27-16(21(34)35)5-11-1-3-13(28)4-2-11/h1-4,8,10,14-16,28H,5-7,9,22H2,(H,23,25)(H,24,32)(H,26,29)(H,27,33)(H,30,31)(H,34,35). The van der Waals surface area contributed by atoms with E-state index < -0.39 is 60.8 Å². The van der Waals surface area contributed by atoms with Crippen LogP contribution in [0.4, 0.5) is 0 Å². The molecule has 1 aromatic carbocycles. The third kappa shape index (κ3) is 9.13. The maximum absolute atomic E-state index is 12.6. The Hall–Kier alpha value is -4.46. The quantitative estimate of drug-likeness (QED) is 0.152. The summed E-state index contributed by atoms with van der Waals surface area (Å²) in [7, 11) is 0. The van der Waals surface area contributed by atoms with Crippen molar-refractivity contribution < 1.29 is 39.3 Å². The Balaban J connectivity index is 1.94. The first-order valence-corrected chi connectivity index (χ1v) is 10.4. The Bertz CT molecular complexity index is 1040. The van der Waals surface area contributed by atoms with Crippen LogP contribution < -0.4 is 21.7 Å². The minimum atomic E-state index is -1.60. The lowest BCUT2D eigenvalue weighted by Crippen LogP contribution is -2.54. The molecule has 0 aliphatic rings. The van der Waals surface area contributed by atoms with Crippen LogP contribution in [0.5, 0.6) is 5.75 Å². The molecule has 188 valence electrons. The van der Waals surface area contributed by atoms with E-state index in [0.29, 0.717) is 11.3 Å². The fourth-order valence-corrected chi connectivity index (χ4v) is 2.99. The van der Waals surface area contributed by atoms with Crippen molar-refractivity contribution in [2.24, 2.45) is 5.73 Å². The average molecular weight is 490 g/mol. The molecule has 1 aromatic heterocycles. The number of hydrogen-bond donors (Lipinski definition) is 8. The monoisotopic (exact) mass is 490 g/mol. The van der Waals surface area contributed by atoms with Crippen LogP contribution in [0, 0.1) is 0 Å². The van der Waals surface area contributed by atoms with Crippen molar-refractivity contribution >= 4 is 29.7 Å². The summed E-state index contributed by atoms with van der Waals surface area (Å²) in [4.78, 5) is 66.3. The number of imidazole rings is 1. The Labute approximate surface area is 198 Å². The third-order valence-electron chi connectivity index (χ3n) is 4.78. The van der Waals surface area contributed by atoms with Gasteiger partial charge < -0.3 is 42.0 Å². The number of phenols is 1. The number of nitrogens with zero attached hydrogens (tertiary/aromatic N) is 1. The summed E-state index contributed by atoms with van der Waals surface area (Å²) in [5, 5.41) is 34.5. The average Bonchev–Trinajstić information content (AvgIpc) is 3.30. The number of carboxylic acids is 2. The third-order valence-corrected chi connectivity index (χ3v) is 4.78. The van der Waals surface area contributed by atoms with Gasteiger partial charge in [-0.3, -0.25) is 19.2 Å². The van der Waals surface area contributed by atoms with Crippen molar-refractivity contribution in [2.75, 3.05) is 6.54 Å². The van der Waals surface area contributed by atoms with Crippen LogP contribution in [0.25, 0.3) is 0 Å². The zero-order valence-electron chi connectivity index (χ0n) is 18.4. The predicted octanol–water partition coefficient (Wildman–Crippen LogP) is -2.13. The number of carbonyl (C=O) groups excluding carboxylic acids is 3. The van der Waals surface area contributed by atoms with Gasteiger partial charge in [-0.15, -0.1) is 0 Å². The molecule has 3 atom stereocenters. The number of aromatic nitrogens is 2. The summed E-state index contributed by atoms with van der Waals surface area (Å²) >= 11 is 0. The number of carbonyl (C=O) groups is 5. The number of H-pyrrole nitrogens is 1. The smallest absolute Gasteiger partial charge is 0.326 e. The Morgan fingerprint density at radius 1 is 0.971 bits per heavy atom. The number of amides is 3. The minimum absolute atomic E-state index is 0.0248. The molecule has 0 saturated carbocycles. The van der Waals surface area contributed by atoms with Crippen LogP contribution in [0.1, 0.15) is 17.7 Å². The number of aromatic hydroxyl groups is 1. The van der Waals surface area contributed by atoms with Gasteiger partial charge in [-0.05, 0) is 17.7 Å². The highest BCUT2D eigenvalue weighted by atomic mass is 16.4. The molecule has 0 fully saturated rings. The summed E-state index contributed by atoms with van der Waals surface area (Å²) < 4.78 is 0. The second kappa shape index (κ2) is 12.7. The number of nitrogens with two attached hydrogens (primary N) is 1. The molecule has 0 bridgehead atoms. The first-order valence-electron chi connectivity index (χ1n) is 10.4. The molecule has 3 unspecified atom stereocenters. The van der Waals surface area contributed by atoms with E-state index >= 15 is 0 Å². The van der Waals surface area contributed by atoms with E-state index in [2.05, 4.69) is 25.9 Å². The number of hydrogen-bond acceptors (Lipinski definition) is 8. The molecule has 0 saturated heterocycles. The number of phenolic OH excluding ortho intramolecular Hbond substituents is 1. The van der Waals surface area contributed by atoms with Gasteiger partial charge >= 0.3 is 11.9 Å². The van der Waals surface area contributed by atoms with Gasteiger partial charge in [0.2, 0.25) is 17.7 Å². The van der Waals surface area contributed by atoms with E-state index in [1.807, 2.05) is 0 Å². The fourth-order valence-electron chi connectivity index (χ4n) is 2.99. The number of nitrogens with one attached hydrogen (secondary N) is 4. The number of carboxylic acid groups (broad SMARTS) is 2. The number of rotatable bonds is 13. The van der Waals surface area contributed by atoms with Gasteiger partial charge in [-0.2, -0.15) is 0 Å². The van der Waals surface area contributed by atoms with Gasteiger partial charge in [-0.25, -0.2) is 9.78 Å². The Morgan fingerprint density at radius 3 is 2.23 bits per heavy atom. The van der Waals surface area contributed by atoms with Gasteiger partial charge in [0, 0.05) is 24.7 Å². The van der Waals surface area contributed by atoms with Crippen LogP contribution in [0.2, 0.25) is 0 Å². The van der Waals surface area contributed by atoms with E-state index in [-0.39, 0.29) is 18.6 Å². The molecule has 0 radical (unpaired) electrons. The van der Waals surface area contributed by atoms with Gasteiger partial charge in [0.15, 0.2) is 0 Å². The molecule has 2 aromatic rings. The van der Waals surface area contributed by atoms with Crippen LogP contribution in [-0.4, -0.2) is 79.6 Å². The topological polar surface area (TPSA) is 237 Å². The van der Waals surface area contributed by atoms with Crippen molar-refractivity contribution in [3.63, 3.8) is 0 Å². The van der Waals surface area contributed by atoms with Crippen molar-refractivity contribution in [1.82, 2.24) is 25.9 Å². The van der Waals surface area contributed by atoms with E-state index in [1.54, 1.807) is 0 Å². The van der Waals surface area contributed by atoms with Gasteiger partial charge in [0.25, 0.3) is 0 Å². The molecule has 3 amide bonds. The minimum Gasteiger partial charge on any atom is -0.508 e. The molecule has 9 N–H and O–H groups in total. The molecule has 0 aliphatic carbocycles. The summed E-state index contributed by atoms with van der Waals surface area (Å²) in [6.07, 6.45) is 2.06. The van der Waals surface area contributed by atoms with Gasteiger partial charge in [-0.1, -0.05) is 12.1 Å². The van der Waals surface area contributed by atoms with Crippen LogP contribution in [-0.2, 0) is 36.8 Å². The molecule has 2 rings (SSSR count). The molecule has 0 aliphatic heterocycles. The summed E-state index contributed by atoms with van der Waals surface area (Å²) in [6, 6.07) is 1.61. The van der Waals surface area contributed by atoms with E-state index in [9.17, 15) is 34.2 Å². The van der Waals surface area contributed by atoms with Crippen molar-refractivity contribution in [2.45, 2.75) is 37.4 Å². The predicted molar refractivity (Wildman–Crippen MR) is 119 cm³/mol. The zero-order valence-corrected chi connectivity index (χ0v) is 18.4. The SMILES string of the molecule is NC(Cc1cnc[nH]1)C(=O)NCC(=O)NC(CC(=O)O)C(=O)NC(Cc1ccc(O)cc1)C(=O)O. The van der Waals surface area contributed by atoms with E-state index in [0.717, 1.165) is 0 Å². The van der Waals surface area contributed by atoms with E-state index in [1.165, 1.54) is 36.8 Å². The van der Waals surface area contributed by atoms with Gasteiger partial charge in [0.05, 0.1) is 25.3 Å². The molecular weight excluding hydrogens is 464 g/mol. The van der Waals surface area contributed by atoms with Crippen molar-refractivity contribution in [3.05, 3.63) is 48.0 Å². The lowest BCUT2D eigenvalue weighted by Gasteiger charge is -2.21. The summed E-state index contributed by atoms with van der Waals surface area (Å²) in [5.41, 5.74) is 6.86. The Kier molecular flexibility index (Phi) is 9.71. The normalized spacial score (nSPS) is 13.2. The highest BCUT2D eigenvalue weighted by molar-refractivity contribution is 5.94. The lowest BCUT2D eigenvalue weighted by molar-refractivity contribution is -0.143. The highest BCUT2D eigenvalue weighted by Gasteiger charge is 2.28. The van der Waals surface area contributed by atoms with E-state index in [4.69, 9.17) is 10.8 Å². The van der Waals surface area contributed by atoms with Crippen LogP contribution in [0.3, 0.4) is 0 Å². The number of aromatic amines is 1. The van der Waals surface area contributed by atoms with Gasteiger partial charge in [0.1, 0.15) is 17.8 Å². The zero-order chi connectivity index (χ0) is 26.0. The van der Waals surface area contributed by atoms with Crippen molar-refractivity contribution in [1.29, 1.82) is 0 Å². The maximum Gasteiger partial charge on any atom is 0.326 e. The largest absolute Gasteiger partial charge is 0.508 e. The number of benzene rings is 1. The van der Waals surface area contributed by atoms with Crippen LogP contribution in [0.15, 0.2) is 36.8 Å². The highest BCUT2D eigenvalue weighted by Crippen LogP contribution is 2.11. The number of aliphatic carboxylic acids is 2. The maximum atomic E-state index is 12.6. The first kappa shape index (κ1) is 26.8. The Morgan fingerprint density at radius 2 is 1.66 bits per heavy atom. The molecule has 14 heteroatoms. The molecular formula is C21H26N6O8. The molecule has 35 heavy (non-hydrogen) atoms. The summed E-state index contributed by atoms with van der Waals surface area (Å²) in [5.74, 6) is -5.39.